The molecule has 88 valence electrons. The number of aromatic carboxylic acids is 1. The predicted octanol–water partition coefficient (Wildman–Crippen LogP) is 2.01. The van der Waals surface area contributed by atoms with Crippen LogP contribution in [0.15, 0.2) is 12.1 Å². The molecule has 0 aromatic heterocycles. The van der Waals surface area contributed by atoms with Gasteiger partial charge in [0.25, 0.3) is 0 Å². The SMILES string of the molecule is Cc1ccc(C(=O)O)c([SiH2]C(C)(C)C)c1C. The molecule has 0 aliphatic rings. The quantitative estimate of drug-likeness (QED) is 0.798. The highest BCUT2D eigenvalue weighted by molar-refractivity contribution is 6.58. The lowest BCUT2D eigenvalue weighted by molar-refractivity contribution is 0.0698. The zero-order valence-electron chi connectivity index (χ0n) is 10.7. The second-order valence-corrected chi connectivity index (χ2v) is 8.76. The molecular weight excluding hydrogens is 216 g/mol. The molecule has 0 heterocycles. The summed E-state index contributed by atoms with van der Waals surface area (Å²) in [5.41, 5.74) is 2.86. The highest BCUT2D eigenvalue weighted by Gasteiger charge is 2.20. The van der Waals surface area contributed by atoms with Gasteiger partial charge in [0.15, 0.2) is 0 Å². The molecule has 3 heteroatoms. The third-order valence-electron chi connectivity index (χ3n) is 2.81. The Hall–Kier alpha value is -1.09. The van der Waals surface area contributed by atoms with Crippen LogP contribution >= 0.6 is 0 Å². The van der Waals surface area contributed by atoms with Gasteiger partial charge in [-0.2, -0.15) is 0 Å². The Kier molecular flexibility index (Phi) is 3.58. The predicted molar refractivity (Wildman–Crippen MR) is 70.8 cm³/mol. The maximum atomic E-state index is 11.2. The molecule has 0 saturated carbocycles. The van der Waals surface area contributed by atoms with E-state index in [1.54, 1.807) is 6.07 Å². The van der Waals surface area contributed by atoms with E-state index in [2.05, 4.69) is 20.8 Å². The summed E-state index contributed by atoms with van der Waals surface area (Å²) in [6.45, 7) is 10.6. The van der Waals surface area contributed by atoms with E-state index in [4.69, 9.17) is 0 Å². The molecule has 16 heavy (non-hydrogen) atoms. The number of aryl methyl sites for hydroxylation is 1. The molecule has 0 fully saturated rings. The van der Waals surface area contributed by atoms with E-state index >= 15 is 0 Å². The van der Waals surface area contributed by atoms with Crippen molar-refractivity contribution in [2.45, 2.75) is 39.7 Å². The number of carboxylic acid groups (broad SMARTS) is 1. The van der Waals surface area contributed by atoms with E-state index < -0.39 is 15.5 Å². The molecule has 0 saturated heterocycles. The van der Waals surface area contributed by atoms with E-state index in [9.17, 15) is 9.90 Å². The summed E-state index contributed by atoms with van der Waals surface area (Å²) in [5.74, 6) is -0.796. The van der Waals surface area contributed by atoms with Gasteiger partial charge in [0, 0.05) is 0 Å². The third-order valence-corrected chi connectivity index (χ3v) is 5.13. The van der Waals surface area contributed by atoms with Crippen LogP contribution in [0.5, 0.6) is 0 Å². The van der Waals surface area contributed by atoms with Gasteiger partial charge in [0.2, 0.25) is 0 Å². The van der Waals surface area contributed by atoms with Crippen molar-refractivity contribution in [2.24, 2.45) is 0 Å². The summed E-state index contributed by atoms with van der Waals surface area (Å²) >= 11 is 0. The highest BCUT2D eigenvalue weighted by atomic mass is 28.2. The first kappa shape index (κ1) is 13.0. The first-order valence-electron chi connectivity index (χ1n) is 5.55. The monoisotopic (exact) mass is 236 g/mol. The Balaban J connectivity index is 3.32. The van der Waals surface area contributed by atoms with Crippen LogP contribution < -0.4 is 5.19 Å². The summed E-state index contributed by atoms with van der Waals surface area (Å²) in [6, 6.07) is 3.65. The van der Waals surface area contributed by atoms with Crippen molar-refractivity contribution in [3.63, 3.8) is 0 Å². The van der Waals surface area contributed by atoms with E-state index in [1.807, 2.05) is 19.9 Å². The van der Waals surface area contributed by atoms with E-state index in [1.165, 1.54) is 11.1 Å². The minimum Gasteiger partial charge on any atom is -0.478 e. The van der Waals surface area contributed by atoms with Crippen molar-refractivity contribution in [3.05, 3.63) is 28.8 Å². The molecular formula is C13H20O2Si. The maximum Gasteiger partial charge on any atom is 0.335 e. The normalized spacial score (nSPS) is 12.3. The van der Waals surface area contributed by atoms with Crippen molar-refractivity contribution in [3.8, 4) is 0 Å². The van der Waals surface area contributed by atoms with Crippen LogP contribution in [-0.2, 0) is 0 Å². The van der Waals surface area contributed by atoms with Gasteiger partial charge >= 0.3 is 5.97 Å². The van der Waals surface area contributed by atoms with Crippen molar-refractivity contribution >= 4 is 20.7 Å². The number of hydrogen-bond donors (Lipinski definition) is 1. The molecule has 0 aliphatic carbocycles. The number of carboxylic acids is 1. The number of rotatable bonds is 2. The Labute approximate surface area is 99.5 Å². The van der Waals surface area contributed by atoms with E-state index in [0.717, 1.165) is 5.19 Å². The van der Waals surface area contributed by atoms with Crippen molar-refractivity contribution in [1.29, 1.82) is 0 Å². The molecule has 1 aromatic rings. The molecule has 1 rings (SSSR count). The van der Waals surface area contributed by atoms with Crippen molar-refractivity contribution < 1.29 is 9.90 Å². The second-order valence-electron chi connectivity index (χ2n) is 5.58. The maximum absolute atomic E-state index is 11.2. The Bertz CT molecular complexity index is 417. The Morgan fingerprint density at radius 2 is 1.81 bits per heavy atom. The molecule has 0 unspecified atom stereocenters. The second kappa shape index (κ2) is 4.42. The van der Waals surface area contributed by atoms with E-state index in [0.29, 0.717) is 5.56 Å². The van der Waals surface area contributed by atoms with Crippen LogP contribution in [0.4, 0.5) is 0 Å². The fourth-order valence-electron chi connectivity index (χ4n) is 1.83. The number of carbonyl (C=O) groups is 1. The topological polar surface area (TPSA) is 37.3 Å². The summed E-state index contributed by atoms with van der Waals surface area (Å²) in [7, 11) is -0.576. The third kappa shape index (κ3) is 2.95. The minimum absolute atomic E-state index is 0.239. The zero-order chi connectivity index (χ0) is 12.5. The van der Waals surface area contributed by atoms with Gasteiger partial charge in [-0.15, -0.1) is 0 Å². The van der Waals surface area contributed by atoms with Gasteiger partial charge in [-0.25, -0.2) is 4.79 Å². The largest absolute Gasteiger partial charge is 0.478 e. The number of hydrogen-bond acceptors (Lipinski definition) is 1. The summed E-state index contributed by atoms with van der Waals surface area (Å²) in [4.78, 5) is 11.2. The fourth-order valence-corrected chi connectivity index (χ4v) is 3.90. The van der Waals surface area contributed by atoms with Crippen molar-refractivity contribution in [2.75, 3.05) is 0 Å². The van der Waals surface area contributed by atoms with Crippen molar-refractivity contribution in [1.82, 2.24) is 0 Å². The van der Waals surface area contributed by atoms with Crippen LogP contribution in [0.1, 0.15) is 42.3 Å². The summed E-state index contributed by atoms with van der Waals surface area (Å²) in [6.07, 6.45) is 0. The highest BCUT2D eigenvalue weighted by Crippen LogP contribution is 2.21. The molecule has 1 N–H and O–H groups in total. The standard InChI is InChI=1S/C13H20O2Si/c1-8-6-7-10(12(14)15)11(9(8)2)16-13(3,4)5/h6-7H,16H2,1-5H3,(H,14,15). The van der Waals surface area contributed by atoms with Gasteiger partial charge in [0.1, 0.15) is 0 Å². The van der Waals surface area contributed by atoms with Crippen LogP contribution in [0, 0.1) is 13.8 Å². The van der Waals surface area contributed by atoms with Gasteiger partial charge in [0.05, 0.1) is 15.1 Å². The summed E-state index contributed by atoms with van der Waals surface area (Å²) in [5, 5.41) is 10.6. The molecule has 0 atom stereocenters. The van der Waals surface area contributed by atoms with Gasteiger partial charge in [-0.1, -0.05) is 26.8 Å². The van der Waals surface area contributed by atoms with Crippen LogP contribution in [0.25, 0.3) is 0 Å². The molecule has 0 amide bonds. The lowest BCUT2D eigenvalue weighted by Crippen LogP contribution is -2.31. The molecule has 2 nitrogen and oxygen atoms in total. The lowest BCUT2D eigenvalue weighted by Gasteiger charge is -2.21. The molecule has 0 bridgehead atoms. The van der Waals surface area contributed by atoms with Gasteiger partial charge in [-0.3, -0.25) is 0 Å². The smallest absolute Gasteiger partial charge is 0.335 e. The van der Waals surface area contributed by atoms with Crippen LogP contribution in [0.2, 0.25) is 5.04 Å². The minimum atomic E-state index is -0.796. The Morgan fingerprint density at radius 1 is 1.25 bits per heavy atom. The average Bonchev–Trinajstić information content (AvgIpc) is 2.10. The molecule has 0 radical (unpaired) electrons. The molecule has 0 spiro atoms. The van der Waals surface area contributed by atoms with Crippen LogP contribution in [-0.4, -0.2) is 20.6 Å². The Morgan fingerprint density at radius 3 is 2.25 bits per heavy atom. The van der Waals surface area contributed by atoms with Crippen LogP contribution in [0.3, 0.4) is 0 Å². The van der Waals surface area contributed by atoms with Gasteiger partial charge < -0.3 is 5.11 Å². The first-order chi connectivity index (χ1) is 7.22. The fraction of sp³-hybridized carbons (Fsp3) is 0.462. The average molecular weight is 236 g/mol. The zero-order valence-corrected chi connectivity index (χ0v) is 12.1. The summed E-state index contributed by atoms with van der Waals surface area (Å²) < 4.78 is 0. The first-order valence-corrected chi connectivity index (χ1v) is 6.96. The molecule has 1 aromatic carbocycles. The molecule has 0 aliphatic heterocycles. The van der Waals surface area contributed by atoms with Gasteiger partial charge in [-0.05, 0) is 41.3 Å². The lowest BCUT2D eigenvalue weighted by atomic mass is 10.1. The number of benzene rings is 1. The van der Waals surface area contributed by atoms with E-state index in [-0.39, 0.29) is 5.04 Å².